The molecule has 0 saturated heterocycles. The second-order valence-corrected chi connectivity index (χ2v) is 6.06. The van der Waals surface area contributed by atoms with Crippen LogP contribution in [-0.2, 0) is 11.2 Å². The second-order valence-electron chi connectivity index (χ2n) is 4.07. The van der Waals surface area contributed by atoms with Crippen molar-refractivity contribution in [1.82, 2.24) is 20.1 Å². The lowest BCUT2D eigenvalue weighted by Crippen LogP contribution is -2.23. The largest absolute Gasteiger partial charge is 0.416 e. The summed E-state index contributed by atoms with van der Waals surface area (Å²) in [5.41, 5.74) is 0.923. The monoisotopic (exact) mass is 298 g/mol. The van der Waals surface area contributed by atoms with Gasteiger partial charge in [-0.3, -0.25) is 4.79 Å². The van der Waals surface area contributed by atoms with Gasteiger partial charge in [0.2, 0.25) is 11.8 Å². The highest BCUT2D eigenvalue weighted by atomic mass is 32.2. The molecule has 0 atom stereocenters. The number of hydrogen-bond acceptors (Lipinski definition) is 7. The van der Waals surface area contributed by atoms with E-state index in [0.29, 0.717) is 23.3 Å². The van der Waals surface area contributed by atoms with Crippen LogP contribution in [0, 0.1) is 6.92 Å². The molecule has 2 rings (SSSR count). The van der Waals surface area contributed by atoms with Crippen molar-refractivity contribution >= 4 is 29.0 Å². The average Bonchev–Trinajstić information content (AvgIpc) is 2.96. The lowest BCUT2D eigenvalue weighted by molar-refractivity contribution is -0.125. The summed E-state index contributed by atoms with van der Waals surface area (Å²) in [6.07, 6.45) is 0.527. The molecule has 0 saturated carbocycles. The van der Waals surface area contributed by atoms with E-state index in [1.165, 1.54) is 16.7 Å². The summed E-state index contributed by atoms with van der Waals surface area (Å²) in [6.45, 7) is 1.95. The Morgan fingerprint density at radius 3 is 2.89 bits per heavy atom. The van der Waals surface area contributed by atoms with Gasteiger partial charge in [0.1, 0.15) is 0 Å². The van der Waals surface area contributed by atoms with E-state index in [4.69, 9.17) is 4.42 Å². The molecule has 2 aromatic heterocycles. The molecule has 0 aliphatic carbocycles. The van der Waals surface area contributed by atoms with E-state index in [0.717, 1.165) is 10.7 Å². The molecule has 8 heteroatoms. The third-order valence-corrected chi connectivity index (χ3v) is 3.89. The van der Waals surface area contributed by atoms with Crippen LogP contribution in [0.15, 0.2) is 15.0 Å². The summed E-state index contributed by atoms with van der Waals surface area (Å²) >= 11 is 2.84. The van der Waals surface area contributed by atoms with E-state index < -0.39 is 0 Å². The van der Waals surface area contributed by atoms with Gasteiger partial charge in [-0.1, -0.05) is 11.8 Å². The second kappa shape index (κ2) is 6.16. The maximum absolute atomic E-state index is 11.4. The molecule has 0 radical (unpaired) electrons. The quantitative estimate of drug-likeness (QED) is 0.781. The molecule has 0 aromatic carbocycles. The van der Waals surface area contributed by atoms with Crippen molar-refractivity contribution in [3.8, 4) is 0 Å². The summed E-state index contributed by atoms with van der Waals surface area (Å²) in [6, 6.07) is 0. The van der Waals surface area contributed by atoms with Gasteiger partial charge in [0.05, 0.1) is 22.9 Å². The maximum atomic E-state index is 11.4. The number of hydrogen-bond donors (Lipinski definition) is 0. The third kappa shape index (κ3) is 4.03. The first-order chi connectivity index (χ1) is 9.04. The molecule has 0 aliphatic rings. The van der Waals surface area contributed by atoms with E-state index in [1.807, 2.05) is 12.3 Å². The molecule has 2 aromatic rings. The molecule has 19 heavy (non-hydrogen) atoms. The summed E-state index contributed by atoms with van der Waals surface area (Å²) in [4.78, 5) is 17.3. The van der Waals surface area contributed by atoms with Crippen LogP contribution in [-0.4, -0.2) is 45.8 Å². The number of amides is 1. The van der Waals surface area contributed by atoms with Crippen LogP contribution < -0.4 is 0 Å². The van der Waals surface area contributed by atoms with Crippen LogP contribution in [0.3, 0.4) is 0 Å². The first-order valence-electron chi connectivity index (χ1n) is 5.61. The van der Waals surface area contributed by atoms with Crippen LogP contribution in [0.4, 0.5) is 0 Å². The Morgan fingerprint density at radius 1 is 1.47 bits per heavy atom. The Labute approximate surface area is 119 Å². The van der Waals surface area contributed by atoms with Gasteiger partial charge in [0, 0.05) is 19.5 Å². The van der Waals surface area contributed by atoms with Crippen molar-refractivity contribution in [2.45, 2.75) is 18.6 Å². The van der Waals surface area contributed by atoms with Crippen LogP contribution in [0.5, 0.6) is 0 Å². The molecule has 0 N–H and O–H groups in total. The molecule has 2 heterocycles. The van der Waals surface area contributed by atoms with E-state index in [-0.39, 0.29) is 5.91 Å². The number of rotatable bonds is 5. The molecular formula is C11H14N4O2S2. The molecule has 0 aliphatic heterocycles. The minimum Gasteiger partial charge on any atom is -0.416 e. The molecule has 0 bridgehead atoms. The van der Waals surface area contributed by atoms with Crippen molar-refractivity contribution in [3.63, 3.8) is 0 Å². The molecular weight excluding hydrogens is 284 g/mol. The average molecular weight is 298 g/mol. The Balaban J connectivity index is 1.90. The summed E-state index contributed by atoms with van der Waals surface area (Å²) in [5.74, 6) is 0.828. The predicted octanol–water partition coefficient (Wildman–Crippen LogP) is 1.61. The number of thioether (sulfide) groups is 1. The normalized spacial score (nSPS) is 10.7. The van der Waals surface area contributed by atoms with Gasteiger partial charge in [-0.15, -0.1) is 21.5 Å². The summed E-state index contributed by atoms with van der Waals surface area (Å²) in [5, 5.41) is 11.3. The van der Waals surface area contributed by atoms with Crippen molar-refractivity contribution in [1.29, 1.82) is 0 Å². The first-order valence-corrected chi connectivity index (χ1v) is 7.47. The van der Waals surface area contributed by atoms with Gasteiger partial charge in [-0.25, -0.2) is 4.98 Å². The van der Waals surface area contributed by atoms with Crippen LogP contribution in [0.25, 0.3) is 0 Å². The lowest BCUT2D eigenvalue weighted by Gasteiger charge is -2.07. The zero-order valence-corrected chi connectivity index (χ0v) is 12.5. The maximum Gasteiger partial charge on any atom is 0.277 e. The number of aryl methyl sites for hydroxylation is 1. The summed E-state index contributed by atoms with van der Waals surface area (Å²) in [7, 11) is 3.43. The summed E-state index contributed by atoms with van der Waals surface area (Å²) < 4.78 is 5.46. The Morgan fingerprint density at radius 2 is 2.26 bits per heavy atom. The van der Waals surface area contributed by atoms with E-state index in [2.05, 4.69) is 15.2 Å². The van der Waals surface area contributed by atoms with E-state index in [1.54, 1.807) is 25.4 Å². The smallest absolute Gasteiger partial charge is 0.277 e. The van der Waals surface area contributed by atoms with Crippen molar-refractivity contribution < 1.29 is 9.21 Å². The molecule has 0 fully saturated rings. The highest BCUT2D eigenvalue weighted by Gasteiger charge is 2.12. The fourth-order valence-corrected chi connectivity index (χ4v) is 2.64. The fourth-order valence-electron chi connectivity index (χ4n) is 1.26. The Bertz CT molecular complexity index is 565. The van der Waals surface area contributed by atoms with Gasteiger partial charge in [-0.2, -0.15) is 0 Å². The number of thiazole rings is 1. The van der Waals surface area contributed by atoms with Crippen molar-refractivity contribution in [2.24, 2.45) is 0 Å². The van der Waals surface area contributed by atoms with Crippen molar-refractivity contribution in [3.05, 3.63) is 22.0 Å². The topological polar surface area (TPSA) is 72.1 Å². The van der Waals surface area contributed by atoms with Crippen LogP contribution in [0.2, 0.25) is 0 Å². The highest BCUT2D eigenvalue weighted by Crippen LogP contribution is 2.18. The zero-order chi connectivity index (χ0) is 13.8. The number of carbonyl (C=O) groups excluding carboxylic acids is 1. The van der Waals surface area contributed by atoms with Gasteiger partial charge in [0.25, 0.3) is 5.22 Å². The Hall–Kier alpha value is -1.41. The first kappa shape index (κ1) is 14.0. The minimum atomic E-state index is 0.0138. The minimum absolute atomic E-state index is 0.0138. The van der Waals surface area contributed by atoms with Gasteiger partial charge in [-0.05, 0) is 6.92 Å². The van der Waals surface area contributed by atoms with Gasteiger partial charge in [0.15, 0.2) is 0 Å². The lowest BCUT2D eigenvalue weighted by atomic mass is 10.3. The number of carbonyl (C=O) groups is 1. The molecule has 0 unspecified atom stereocenters. The van der Waals surface area contributed by atoms with Crippen molar-refractivity contribution in [2.75, 3.05) is 19.8 Å². The fraction of sp³-hybridized carbons (Fsp3) is 0.455. The molecule has 1 amide bonds. The predicted molar refractivity (Wildman–Crippen MR) is 73.4 cm³/mol. The molecule has 0 spiro atoms. The number of aromatic nitrogens is 3. The Kier molecular flexibility index (Phi) is 4.54. The zero-order valence-electron chi connectivity index (χ0n) is 10.9. The SMILES string of the molecule is Cc1nc(Cc2nnc(SCC(=O)N(C)C)o2)cs1. The van der Waals surface area contributed by atoms with E-state index >= 15 is 0 Å². The highest BCUT2D eigenvalue weighted by molar-refractivity contribution is 7.99. The van der Waals surface area contributed by atoms with Crippen LogP contribution >= 0.6 is 23.1 Å². The number of nitrogens with zero attached hydrogens (tertiary/aromatic N) is 4. The molecule has 102 valence electrons. The van der Waals surface area contributed by atoms with Crippen LogP contribution in [0.1, 0.15) is 16.6 Å². The standard InChI is InChI=1S/C11H14N4O2S2/c1-7-12-8(5-18-7)4-9-13-14-11(17-9)19-6-10(16)15(2)3/h5H,4,6H2,1-3H3. The van der Waals surface area contributed by atoms with Gasteiger partial charge >= 0.3 is 0 Å². The van der Waals surface area contributed by atoms with Gasteiger partial charge < -0.3 is 9.32 Å². The third-order valence-electron chi connectivity index (χ3n) is 2.27. The van der Waals surface area contributed by atoms with E-state index in [9.17, 15) is 4.79 Å². The molecule has 6 nitrogen and oxygen atoms in total.